The van der Waals surface area contributed by atoms with Gasteiger partial charge >= 0.3 is 0 Å². The second-order valence-electron chi connectivity index (χ2n) is 13.6. The molecule has 1 N–H and O–H groups in total. The van der Waals surface area contributed by atoms with Crippen LogP contribution in [0.15, 0.2) is 151 Å². The molecule has 1 unspecified atom stereocenters. The SMILES string of the molecule is C1=CC2=C(C1)CC(c1cccc3c1-c1cc(-c4ccc(-c5cc(C6=CCCN6)nc(-c6ccccn6)c5)cc4)c4ccccc4c1C3)C=C2. The first-order valence-electron chi connectivity index (χ1n) is 17.5. The number of fused-ring (bicyclic) bond motifs is 5. The minimum absolute atomic E-state index is 0.408. The molecule has 1 aliphatic heterocycles. The largest absolute Gasteiger partial charge is 0.383 e. The van der Waals surface area contributed by atoms with Gasteiger partial charge in [0, 0.05) is 18.7 Å². The summed E-state index contributed by atoms with van der Waals surface area (Å²) in [6, 6.07) is 38.0. The Kier molecular flexibility index (Phi) is 6.58. The molecule has 1 atom stereocenters. The van der Waals surface area contributed by atoms with Crippen LogP contribution in [0.3, 0.4) is 0 Å². The van der Waals surface area contributed by atoms with Crippen molar-refractivity contribution < 1.29 is 0 Å². The van der Waals surface area contributed by atoms with E-state index in [1.165, 1.54) is 60.9 Å². The fraction of sp³-hybridized carbons (Fsp3) is 0.130. The Hall–Kier alpha value is -5.80. The Morgan fingerprint density at radius 1 is 0.694 bits per heavy atom. The van der Waals surface area contributed by atoms with Crippen LogP contribution >= 0.6 is 0 Å². The van der Waals surface area contributed by atoms with E-state index in [9.17, 15) is 0 Å². The van der Waals surface area contributed by atoms with Crippen LogP contribution in [0.5, 0.6) is 0 Å². The quantitative estimate of drug-likeness (QED) is 0.206. The van der Waals surface area contributed by atoms with E-state index in [-0.39, 0.29) is 0 Å². The number of nitrogens with one attached hydrogen (secondary N) is 1. The number of aromatic nitrogens is 2. The van der Waals surface area contributed by atoms with E-state index in [4.69, 9.17) is 4.98 Å². The van der Waals surface area contributed by atoms with Crippen LogP contribution in [0.1, 0.15) is 47.6 Å². The first-order valence-corrected chi connectivity index (χ1v) is 17.5. The second-order valence-corrected chi connectivity index (χ2v) is 13.6. The molecule has 3 heterocycles. The number of rotatable bonds is 5. The van der Waals surface area contributed by atoms with Gasteiger partial charge in [-0.25, -0.2) is 4.98 Å². The van der Waals surface area contributed by atoms with Crippen molar-refractivity contribution in [3.63, 3.8) is 0 Å². The second kappa shape index (κ2) is 11.4. The molecule has 0 saturated heterocycles. The van der Waals surface area contributed by atoms with E-state index in [1.807, 2.05) is 24.4 Å². The van der Waals surface area contributed by atoms with Gasteiger partial charge < -0.3 is 5.32 Å². The fourth-order valence-electron chi connectivity index (χ4n) is 8.40. The van der Waals surface area contributed by atoms with Crippen molar-refractivity contribution in [3.05, 3.63) is 173 Å². The third-order valence-electron chi connectivity index (χ3n) is 10.8. The Morgan fingerprint density at radius 2 is 1.55 bits per heavy atom. The normalized spacial score (nSPS) is 17.2. The molecule has 10 rings (SSSR count). The van der Waals surface area contributed by atoms with Crippen molar-refractivity contribution in [1.82, 2.24) is 15.3 Å². The van der Waals surface area contributed by atoms with Gasteiger partial charge in [0.05, 0.1) is 22.8 Å². The Labute approximate surface area is 287 Å². The first kappa shape index (κ1) is 28.2. The zero-order chi connectivity index (χ0) is 32.3. The van der Waals surface area contributed by atoms with E-state index in [0.29, 0.717) is 5.92 Å². The van der Waals surface area contributed by atoms with Crippen molar-refractivity contribution in [2.24, 2.45) is 0 Å². The maximum absolute atomic E-state index is 5.02. The van der Waals surface area contributed by atoms with Crippen molar-refractivity contribution in [1.29, 1.82) is 0 Å². The maximum Gasteiger partial charge on any atom is 0.0900 e. The van der Waals surface area contributed by atoms with E-state index in [1.54, 1.807) is 5.57 Å². The van der Waals surface area contributed by atoms with E-state index in [2.05, 4.69) is 126 Å². The number of hydrogen-bond acceptors (Lipinski definition) is 3. The summed E-state index contributed by atoms with van der Waals surface area (Å²) in [5.41, 5.74) is 18.9. The first-order chi connectivity index (χ1) is 24.3. The Morgan fingerprint density at radius 3 is 2.41 bits per heavy atom. The molecule has 0 amide bonds. The lowest BCUT2D eigenvalue weighted by atomic mass is 9.81. The average molecular weight is 630 g/mol. The molecule has 0 radical (unpaired) electrons. The molecular weight excluding hydrogens is 595 g/mol. The predicted molar refractivity (Wildman–Crippen MR) is 202 cm³/mol. The smallest absolute Gasteiger partial charge is 0.0900 e. The van der Waals surface area contributed by atoms with E-state index >= 15 is 0 Å². The van der Waals surface area contributed by atoms with Crippen LogP contribution in [-0.4, -0.2) is 16.5 Å². The lowest BCUT2D eigenvalue weighted by molar-refractivity contribution is 0.797. The molecule has 4 aromatic carbocycles. The number of hydrogen-bond donors (Lipinski definition) is 1. The molecule has 49 heavy (non-hydrogen) atoms. The molecule has 0 bridgehead atoms. The van der Waals surface area contributed by atoms with Crippen LogP contribution in [0.4, 0.5) is 0 Å². The van der Waals surface area contributed by atoms with Crippen molar-refractivity contribution in [2.45, 2.75) is 31.6 Å². The Bertz CT molecular complexity index is 2430. The van der Waals surface area contributed by atoms with Crippen LogP contribution in [-0.2, 0) is 6.42 Å². The number of allylic oxidation sites excluding steroid dienone is 6. The summed E-state index contributed by atoms with van der Waals surface area (Å²) in [4.78, 5) is 9.63. The van der Waals surface area contributed by atoms with Gasteiger partial charge in [-0.05, 0) is 122 Å². The van der Waals surface area contributed by atoms with Crippen LogP contribution in [0.25, 0.3) is 61.2 Å². The highest BCUT2D eigenvalue weighted by molar-refractivity contribution is 6.05. The zero-order valence-electron chi connectivity index (χ0n) is 27.3. The molecule has 3 nitrogen and oxygen atoms in total. The van der Waals surface area contributed by atoms with Gasteiger partial charge in [-0.15, -0.1) is 0 Å². The van der Waals surface area contributed by atoms with E-state index < -0.39 is 0 Å². The summed E-state index contributed by atoms with van der Waals surface area (Å²) in [5.74, 6) is 0.408. The van der Waals surface area contributed by atoms with Gasteiger partial charge in [0.2, 0.25) is 0 Å². The molecule has 2 aromatic heterocycles. The van der Waals surface area contributed by atoms with Gasteiger partial charge in [-0.1, -0.05) is 109 Å². The molecule has 0 spiro atoms. The monoisotopic (exact) mass is 629 g/mol. The summed E-state index contributed by atoms with van der Waals surface area (Å²) < 4.78 is 0. The third kappa shape index (κ3) is 4.80. The van der Waals surface area contributed by atoms with Crippen LogP contribution in [0.2, 0.25) is 0 Å². The van der Waals surface area contributed by atoms with Crippen molar-refractivity contribution in [2.75, 3.05) is 6.54 Å². The molecule has 0 saturated carbocycles. The van der Waals surface area contributed by atoms with Gasteiger partial charge in [0.25, 0.3) is 0 Å². The molecular formula is C46H35N3. The summed E-state index contributed by atoms with van der Waals surface area (Å²) in [6.45, 7) is 0.948. The molecule has 3 heteroatoms. The zero-order valence-corrected chi connectivity index (χ0v) is 27.3. The highest BCUT2D eigenvalue weighted by Gasteiger charge is 2.29. The molecule has 3 aliphatic carbocycles. The van der Waals surface area contributed by atoms with E-state index in [0.717, 1.165) is 60.6 Å². The van der Waals surface area contributed by atoms with Crippen LogP contribution < -0.4 is 5.32 Å². The lowest BCUT2D eigenvalue weighted by Gasteiger charge is -2.22. The highest BCUT2D eigenvalue weighted by atomic mass is 14.9. The molecule has 234 valence electrons. The topological polar surface area (TPSA) is 37.8 Å². The van der Waals surface area contributed by atoms with Gasteiger partial charge in [0.1, 0.15) is 0 Å². The molecule has 4 aliphatic rings. The summed E-state index contributed by atoms with van der Waals surface area (Å²) in [6.07, 6.45) is 17.7. The van der Waals surface area contributed by atoms with Gasteiger partial charge in [-0.2, -0.15) is 0 Å². The lowest BCUT2D eigenvalue weighted by Crippen LogP contribution is -2.08. The summed E-state index contributed by atoms with van der Waals surface area (Å²) in [7, 11) is 0. The van der Waals surface area contributed by atoms with Gasteiger partial charge in [-0.3, -0.25) is 4.98 Å². The fourth-order valence-corrected chi connectivity index (χ4v) is 8.40. The summed E-state index contributed by atoms with van der Waals surface area (Å²) >= 11 is 0. The number of nitrogens with zero attached hydrogens (tertiary/aromatic N) is 2. The minimum atomic E-state index is 0.408. The maximum atomic E-state index is 5.02. The third-order valence-corrected chi connectivity index (χ3v) is 10.8. The standard InChI is InChI=1S/C46H35N3/c1-2-12-38-37(11-1)39(28-41-40(38)25-34-10-6-13-36(46(34)41)33-21-18-29-8-5-9-32(29)24-33)31-19-16-30(17-20-31)35-26-44(42-14-3-4-22-47-42)49-45(27-35)43-15-7-23-48-43/h1-6,8,10-22,26-28,33,48H,7,9,23-25H2. The Balaban J connectivity index is 1.07. The molecule has 0 fully saturated rings. The molecule has 6 aromatic rings. The predicted octanol–water partition coefficient (Wildman–Crippen LogP) is 10.8. The highest BCUT2D eigenvalue weighted by Crippen LogP contribution is 2.49. The minimum Gasteiger partial charge on any atom is -0.383 e. The van der Waals surface area contributed by atoms with Crippen molar-refractivity contribution >= 4 is 16.5 Å². The summed E-state index contributed by atoms with van der Waals surface area (Å²) in [5, 5.41) is 6.19. The number of benzene rings is 4. The van der Waals surface area contributed by atoms with Gasteiger partial charge in [0.15, 0.2) is 0 Å². The van der Waals surface area contributed by atoms with Crippen LogP contribution in [0, 0.1) is 0 Å². The average Bonchev–Trinajstić information content (AvgIpc) is 3.95. The number of pyridine rings is 2. The van der Waals surface area contributed by atoms with Crippen molar-refractivity contribution in [3.8, 4) is 44.8 Å².